The minimum absolute atomic E-state index is 0.360. The number of aryl methyl sites for hydroxylation is 1. The fraction of sp³-hybridized carbons (Fsp3) is 0.400. The highest BCUT2D eigenvalue weighted by molar-refractivity contribution is 5.79. The lowest BCUT2D eigenvalue weighted by molar-refractivity contribution is 0.322. The fourth-order valence-electron chi connectivity index (χ4n) is 1.16. The minimum Gasteiger partial charge on any atom is -0.411 e. The first-order valence-electron chi connectivity index (χ1n) is 4.54. The van der Waals surface area contributed by atoms with Gasteiger partial charge < -0.3 is 10.5 Å². The molecule has 4 nitrogen and oxygen atoms in total. The van der Waals surface area contributed by atoms with Crippen LogP contribution in [0.2, 0.25) is 0 Å². The van der Waals surface area contributed by atoms with Crippen molar-refractivity contribution in [2.75, 3.05) is 5.32 Å². The number of pyridine rings is 1. The predicted octanol–water partition coefficient (Wildman–Crippen LogP) is 2.02. The molecular weight excluding hydrogens is 178 g/mol. The smallest absolute Gasteiger partial charge is 0.129 e. The van der Waals surface area contributed by atoms with Crippen molar-refractivity contribution < 1.29 is 5.21 Å². The largest absolute Gasteiger partial charge is 0.411 e. The van der Waals surface area contributed by atoms with Crippen molar-refractivity contribution in [3.8, 4) is 0 Å². The average molecular weight is 193 g/mol. The van der Waals surface area contributed by atoms with Gasteiger partial charge in [-0.25, -0.2) is 4.98 Å². The van der Waals surface area contributed by atoms with E-state index in [-0.39, 0.29) is 0 Å². The van der Waals surface area contributed by atoms with Gasteiger partial charge in [-0.3, -0.25) is 0 Å². The molecular formula is C10H15N3O. The number of oxime groups is 1. The van der Waals surface area contributed by atoms with Gasteiger partial charge in [0.25, 0.3) is 0 Å². The van der Waals surface area contributed by atoms with Crippen LogP contribution in [0.4, 0.5) is 5.82 Å². The number of anilines is 1. The average Bonchev–Trinajstić information content (AvgIpc) is 2.10. The lowest BCUT2D eigenvalue weighted by Gasteiger charge is -2.11. The van der Waals surface area contributed by atoms with Gasteiger partial charge in [0.2, 0.25) is 0 Å². The zero-order chi connectivity index (χ0) is 10.6. The molecule has 1 aromatic rings. The van der Waals surface area contributed by atoms with Crippen molar-refractivity contribution in [3.63, 3.8) is 0 Å². The number of nitrogens with zero attached hydrogens (tertiary/aromatic N) is 2. The molecule has 1 aromatic heterocycles. The number of aromatic nitrogens is 1. The highest BCUT2D eigenvalue weighted by atomic mass is 16.4. The zero-order valence-corrected chi connectivity index (χ0v) is 8.65. The van der Waals surface area contributed by atoms with Gasteiger partial charge in [-0.2, -0.15) is 0 Å². The second kappa shape index (κ2) is 4.60. The normalized spacial score (nSPS) is 11.1. The van der Waals surface area contributed by atoms with Crippen molar-refractivity contribution >= 4 is 12.0 Å². The van der Waals surface area contributed by atoms with E-state index in [0.717, 1.165) is 16.9 Å². The molecule has 0 aromatic carbocycles. The Bertz CT molecular complexity index is 334. The van der Waals surface area contributed by atoms with Crippen LogP contribution >= 0.6 is 0 Å². The van der Waals surface area contributed by atoms with E-state index in [1.807, 2.05) is 13.0 Å². The lowest BCUT2D eigenvalue weighted by atomic mass is 10.2. The lowest BCUT2D eigenvalue weighted by Crippen LogP contribution is -2.12. The van der Waals surface area contributed by atoms with Crippen molar-refractivity contribution in [3.05, 3.63) is 23.4 Å². The van der Waals surface area contributed by atoms with E-state index in [1.54, 1.807) is 6.20 Å². The third-order valence-corrected chi connectivity index (χ3v) is 1.73. The van der Waals surface area contributed by atoms with Gasteiger partial charge in [0.1, 0.15) is 5.82 Å². The van der Waals surface area contributed by atoms with Crippen molar-refractivity contribution in [2.45, 2.75) is 26.8 Å². The molecule has 2 N–H and O–H groups in total. The highest BCUT2D eigenvalue weighted by Gasteiger charge is 2.01. The van der Waals surface area contributed by atoms with E-state index in [0.29, 0.717) is 6.04 Å². The maximum Gasteiger partial charge on any atom is 0.129 e. The van der Waals surface area contributed by atoms with Crippen LogP contribution in [0.1, 0.15) is 25.0 Å². The van der Waals surface area contributed by atoms with Crippen LogP contribution in [-0.4, -0.2) is 22.4 Å². The van der Waals surface area contributed by atoms with Crippen molar-refractivity contribution in [1.82, 2.24) is 4.98 Å². The molecule has 0 bridgehead atoms. The first-order valence-corrected chi connectivity index (χ1v) is 4.54. The summed E-state index contributed by atoms with van der Waals surface area (Å²) in [5, 5.41) is 14.5. The molecule has 0 unspecified atom stereocenters. The Hall–Kier alpha value is -1.58. The quantitative estimate of drug-likeness (QED) is 0.438. The van der Waals surface area contributed by atoms with Crippen molar-refractivity contribution in [2.24, 2.45) is 5.16 Å². The first-order chi connectivity index (χ1) is 6.63. The van der Waals surface area contributed by atoms with Gasteiger partial charge >= 0.3 is 0 Å². The molecule has 76 valence electrons. The van der Waals surface area contributed by atoms with Crippen LogP contribution in [0.15, 0.2) is 17.4 Å². The van der Waals surface area contributed by atoms with Crippen LogP contribution in [0.5, 0.6) is 0 Å². The fourth-order valence-corrected chi connectivity index (χ4v) is 1.16. The molecule has 0 atom stereocenters. The summed E-state index contributed by atoms with van der Waals surface area (Å²) in [6.07, 6.45) is 3.02. The van der Waals surface area contributed by atoms with E-state index in [4.69, 9.17) is 5.21 Å². The van der Waals surface area contributed by atoms with Crippen LogP contribution in [-0.2, 0) is 0 Å². The number of nitrogens with one attached hydrogen (secondary N) is 1. The summed E-state index contributed by atoms with van der Waals surface area (Å²) < 4.78 is 0. The van der Waals surface area contributed by atoms with E-state index in [9.17, 15) is 0 Å². The second-order valence-corrected chi connectivity index (χ2v) is 3.48. The summed E-state index contributed by atoms with van der Waals surface area (Å²) in [6, 6.07) is 2.27. The van der Waals surface area contributed by atoms with Crippen LogP contribution < -0.4 is 5.32 Å². The molecule has 0 amide bonds. The second-order valence-electron chi connectivity index (χ2n) is 3.48. The Morgan fingerprint density at radius 3 is 2.79 bits per heavy atom. The number of hydrogen-bond donors (Lipinski definition) is 2. The van der Waals surface area contributed by atoms with E-state index in [1.165, 1.54) is 6.21 Å². The molecule has 1 heterocycles. The molecule has 0 radical (unpaired) electrons. The van der Waals surface area contributed by atoms with E-state index >= 15 is 0 Å². The summed E-state index contributed by atoms with van der Waals surface area (Å²) in [4.78, 5) is 4.22. The van der Waals surface area contributed by atoms with Gasteiger partial charge in [-0.15, -0.1) is 0 Å². The Kier molecular flexibility index (Phi) is 3.45. The summed E-state index contributed by atoms with van der Waals surface area (Å²) in [5.41, 5.74) is 1.83. The van der Waals surface area contributed by atoms with Gasteiger partial charge in [0, 0.05) is 17.8 Å². The maximum absolute atomic E-state index is 8.35. The zero-order valence-electron chi connectivity index (χ0n) is 8.65. The molecule has 14 heavy (non-hydrogen) atoms. The van der Waals surface area contributed by atoms with Crippen LogP contribution in [0, 0.1) is 6.92 Å². The molecule has 4 heteroatoms. The van der Waals surface area contributed by atoms with Gasteiger partial charge in [-0.05, 0) is 32.4 Å². The molecule has 0 saturated carbocycles. The number of rotatable bonds is 3. The minimum atomic E-state index is 0.360. The first kappa shape index (κ1) is 10.5. The Morgan fingerprint density at radius 1 is 1.57 bits per heavy atom. The maximum atomic E-state index is 8.35. The third kappa shape index (κ3) is 2.73. The highest BCUT2D eigenvalue weighted by Crippen LogP contribution is 2.12. The number of hydrogen-bond acceptors (Lipinski definition) is 4. The van der Waals surface area contributed by atoms with Crippen LogP contribution in [0.3, 0.4) is 0 Å². The Morgan fingerprint density at radius 2 is 2.29 bits per heavy atom. The topological polar surface area (TPSA) is 57.5 Å². The monoisotopic (exact) mass is 193 g/mol. The molecule has 0 aliphatic heterocycles. The van der Waals surface area contributed by atoms with E-state index in [2.05, 4.69) is 29.3 Å². The van der Waals surface area contributed by atoms with E-state index < -0.39 is 0 Å². The molecule has 0 saturated heterocycles. The van der Waals surface area contributed by atoms with Gasteiger partial charge in [-0.1, -0.05) is 5.16 Å². The van der Waals surface area contributed by atoms with Crippen molar-refractivity contribution in [1.29, 1.82) is 0 Å². The SMILES string of the molecule is Cc1cc(C=NO)cnc1NC(C)C. The summed E-state index contributed by atoms with van der Waals surface area (Å²) >= 11 is 0. The molecule has 1 rings (SSSR count). The summed E-state index contributed by atoms with van der Waals surface area (Å²) in [6.45, 7) is 6.08. The third-order valence-electron chi connectivity index (χ3n) is 1.73. The standard InChI is InChI=1S/C10H15N3O/c1-7(2)13-10-8(3)4-9(5-11-10)6-12-14/h4-7,14H,1-3H3,(H,11,13). The summed E-state index contributed by atoms with van der Waals surface area (Å²) in [5.74, 6) is 0.870. The van der Waals surface area contributed by atoms with Gasteiger partial charge in [0.15, 0.2) is 0 Å². The molecule has 0 spiro atoms. The Labute approximate surface area is 83.7 Å². The molecule has 0 fully saturated rings. The van der Waals surface area contributed by atoms with Crippen LogP contribution in [0.25, 0.3) is 0 Å². The molecule has 0 aliphatic carbocycles. The van der Waals surface area contributed by atoms with Gasteiger partial charge in [0.05, 0.1) is 6.21 Å². The molecule has 0 aliphatic rings. The summed E-state index contributed by atoms with van der Waals surface area (Å²) in [7, 11) is 0. The predicted molar refractivity (Wildman–Crippen MR) is 57.1 cm³/mol. The Balaban J connectivity index is 2.89.